The van der Waals surface area contributed by atoms with Crippen LogP contribution in [0.3, 0.4) is 0 Å². The van der Waals surface area contributed by atoms with Gasteiger partial charge in [0.15, 0.2) is 0 Å². The minimum atomic E-state index is -1.01. The summed E-state index contributed by atoms with van der Waals surface area (Å²) in [6.45, 7) is 2.38. The Labute approximate surface area is 157 Å². The molecule has 4 rings (SSSR count). The first kappa shape index (κ1) is 17.5. The molecule has 1 aliphatic carbocycles. The molecule has 2 aromatic rings. The van der Waals surface area contributed by atoms with Crippen LogP contribution in [0.2, 0.25) is 0 Å². The van der Waals surface area contributed by atoms with Gasteiger partial charge >= 0.3 is 6.09 Å². The van der Waals surface area contributed by atoms with E-state index in [0.717, 1.165) is 37.5 Å². The van der Waals surface area contributed by atoms with Crippen LogP contribution in [0.15, 0.2) is 30.3 Å². The molecule has 0 bridgehead atoms. The Morgan fingerprint density at radius 2 is 1.93 bits per heavy atom. The standard InChI is InChI=1S/C21H22N2O4/c1-2-3-10-22-19(24)16-9-4-6-13-11-15(12-17(18(13)16)20(22)25)23(21(26)27)14-7-5-8-14/h4,6,9,11-12,14H,2-3,5,7-8,10H2,1H3,(H,26,27). The summed E-state index contributed by atoms with van der Waals surface area (Å²) in [6.07, 6.45) is 3.28. The van der Waals surface area contributed by atoms with Gasteiger partial charge < -0.3 is 5.11 Å². The van der Waals surface area contributed by atoms with Gasteiger partial charge in [-0.05, 0) is 49.3 Å². The van der Waals surface area contributed by atoms with Crippen molar-refractivity contribution in [2.45, 2.75) is 45.1 Å². The third-order valence-corrected chi connectivity index (χ3v) is 5.57. The minimum absolute atomic E-state index is 0.0492. The van der Waals surface area contributed by atoms with Crippen molar-refractivity contribution in [2.75, 3.05) is 11.4 Å². The number of carbonyl (C=O) groups is 3. The van der Waals surface area contributed by atoms with Gasteiger partial charge in [0.1, 0.15) is 0 Å². The first-order chi connectivity index (χ1) is 13.0. The van der Waals surface area contributed by atoms with Crippen molar-refractivity contribution in [3.63, 3.8) is 0 Å². The number of unbranched alkanes of at least 4 members (excludes halogenated alkanes) is 1. The predicted molar refractivity (Wildman–Crippen MR) is 102 cm³/mol. The Morgan fingerprint density at radius 1 is 1.19 bits per heavy atom. The lowest BCUT2D eigenvalue weighted by Crippen LogP contribution is -2.44. The Bertz CT molecular complexity index is 949. The Kier molecular flexibility index (Phi) is 4.34. The van der Waals surface area contributed by atoms with Gasteiger partial charge in [0.2, 0.25) is 0 Å². The summed E-state index contributed by atoms with van der Waals surface area (Å²) in [4.78, 5) is 40.4. The van der Waals surface area contributed by atoms with Crippen molar-refractivity contribution in [3.8, 4) is 0 Å². The number of anilines is 1. The van der Waals surface area contributed by atoms with Crippen LogP contribution >= 0.6 is 0 Å². The van der Waals surface area contributed by atoms with E-state index in [9.17, 15) is 19.5 Å². The molecule has 0 spiro atoms. The van der Waals surface area contributed by atoms with Crippen LogP contribution in [-0.4, -0.2) is 40.5 Å². The fourth-order valence-electron chi connectivity index (χ4n) is 3.92. The summed E-state index contributed by atoms with van der Waals surface area (Å²) < 4.78 is 0. The summed E-state index contributed by atoms with van der Waals surface area (Å²) in [7, 11) is 0. The topological polar surface area (TPSA) is 77.9 Å². The van der Waals surface area contributed by atoms with E-state index >= 15 is 0 Å². The molecule has 0 radical (unpaired) electrons. The summed E-state index contributed by atoms with van der Waals surface area (Å²) in [5.74, 6) is -0.605. The monoisotopic (exact) mass is 366 g/mol. The molecule has 140 valence electrons. The van der Waals surface area contributed by atoms with Crippen LogP contribution in [0, 0.1) is 0 Å². The molecule has 0 aromatic heterocycles. The van der Waals surface area contributed by atoms with E-state index in [4.69, 9.17) is 0 Å². The highest BCUT2D eigenvalue weighted by molar-refractivity contribution is 6.26. The van der Waals surface area contributed by atoms with E-state index in [1.54, 1.807) is 24.3 Å². The number of nitrogens with zero attached hydrogens (tertiary/aromatic N) is 2. The lowest BCUT2D eigenvalue weighted by Gasteiger charge is -2.36. The van der Waals surface area contributed by atoms with E-state index in [-0.39, 0.29) is 17.9 Å². The van der Waals surface area contributed by atoms with Gasteiger partial charge in [-0.15, -0.1) is 0 Å². The molecule has 27 heavy (non-hydrogen) atoms. The molecule has 0 saturated heterocycles. The van der Waals surface area contributed by atoms with Gasteiger partial charge in [0.05, 0.1) is 5.56 Å². The number of benzene rings is 2. The van der Waals surface area contributed by atoms with Gasteiger partial charge in [-0.1, -0.05) is 25.5 Å². The second-order valence-electron chi connectivity index (χ2n) is 7.25. The van der Waals surface area contributed by atoms with Crippen LogP contribution in [0.4, 0.5) is 10.5 Å². The largest absolute Gasteiger partial charge is 0.465 e. The number of imide groups is 1. The molecule has 6 heteroatoms. The average molecular weight is 366 g/mol. The van der Waals surface area contributed by atoms with Crippen molar-refractivity contribution in [3.05, 3.63) is 41.5 Å². The summed E-state index contributed by atoms with van der Waals surface area (Å²) in [5.41, 5.74) is 1.43. The highest BCUT2D eigenvalue weighted by atomic mass is 16.4. The lowest BCUT2D eigenvalue weighted by atomic mass is 9.89. The zero-order chi connectivity index (χ0) is 19.1. The quantitative estimate of drug-likeness (QED) is 0.802. The van der Waals surface area contributed by atoms with Crippen LogP contribution in [0.5, 0.6) is 0 Å². The van der Waals surface area contributed by atoms with E-state index < -0.39 is 6.09 Å². The van der Waals surface area contributed by atoms with Crippen LogP contribution in [0.25, 0.3) is 10.8 Å². The fraction of sp³-hybridized carbons (Fsp3) is 0.381. The Morgan fingerprint density at radius 3 is 2.56 bits per heavy atom. The third-order valence-electron chi connectivity index (χ3n) is 5.57. The van der Waals surface area contributed by atoms with E-state index in [0.29, 0.717) is 28.7 Å². The zero-order valence-electron chi connectivity index (χ0n) is 15.3. The minimum Gasteiger partial charge on any atom is -0.465 e. The maximum Gasteiger partial charge on any atom is 0.412 e. The predicted octanol–water partition coefficient (Wildman–Crippen LogP) is 4.27. The molecule has 6 nitrogen and oxygen atoms in total. The van der Waals surface area contributed by atoms with E-state index in [1.165, 1.54) is 9.80 Å². The van der Waals surface area contributed by atoms with Gasteiger partial charge in [0, 0.05) is 29.2 Å². The normalized spacial score (nSPS) is 16.6. The summed E-state index contributed by atoms with van der Waals surface area (Å²) in [5, 5.41) is 11.1. The molecule has 1 saturated carbocycles. The number of hydrogen-bond donors (Lipinski definition) is 1. The molecule has 1 N–H and O–H groups in total. The third kappa shape index (κ3) is 2.76. The van der Waals surface area contributed by atoms with Crippen molar-refractivity contribution in [2.24, 2.45) is 0 Å². The van der Waals surface area contributed by atoms with Crippen LogP contribution in [-0.2, 0) is 0 Å². The van der Waals surface area contributed by atoms with Crippen molar-refractivity contribution >= 4 is 34.4 Å². The first-order valence-corrected chi connectivity index (χ1v) is 9.48. The molecule has 2 aliphatic rings. The molecule has 3 amide bonds. The second kappa shape index (κ2) is 6.68. The highest BCUT2D eigenvalue weighted by Crippen LogP contribution is 2.37. The number of hydrogen-bond acceptors (Lipinski definition) is 3. The fourth-order valence-corrected chi connectivity index (χ4v) is 3.92. The highest BCUT2D eigenvalue weighted by Gasteiger charge is 2.35. The average Bonchev–Trinajstić information content (AvgIpc) is 2.61. The summed E-state index contributed by atoms with van der Waals surface area (Å²) in [6, 6.07) is 8.72. The number of rotatable bonds is 5. The van der Waals surface area contributed by atoms with Gasteiger partial charge in [-0.25, -0.2) is 4.79 Å². The number of carbonyl (C=O) groups excluding carboxylic acids is 2. The van der Waals surface area contributed by atoms with Gasteiger partial charge in [-0.2, -0.15) is 0 Å². The van der Waals surface area contributed by atoms with Crippen molar-refractivity contribution < 1.29 is 19.5 Å². The molecular weight excluding hydrogens is 344 g/mol. The number of amides is 3. The van der Waals surface area contributed by atoms with Crippen molar-refractivity contribution in [1.82, 2.24) is 4.90 Å². The van der Waals surface area contributed by atoms with E-state index in [2.05, 4.69) is 0 Å². The van der Waals surface area contributed by atoms with Gasteiger partial charge in [0.25, 0.3) is 11.8 Å². The van der Waals surface area contributed by atoms with Crippen LogP contribution < -0.4 is 4.90 Å². The van der Waals surface area contributed by atoms with Crippen molar-refractivity contribution in [1.29, 1.82) is 0 Å². The molecule has 1 fully saturated rings. The molecule has 0 unspecified atom stereocenters. The zero-order valence-corrected chi connectivity index (χ0v) is 15.3. The molecule has 1 heterocycles. The maximum atomic E-state index is 13.1. The molecular formula is C21H22N2O4. The van der Waals surface area contributed by atoms with Crippen LogP contribution in [0.1, 0.15) is 59.7 Å². The Balaban J connectivity index is 1.87. The Hall–Kier alpha value is -2.89. The summed E-state index contributed by atoms with van der Waals surface area (Å²) >= 11 is 0. The smallest absolute Gasteiger partial charge is 0.412 e. The molecule has 0 atom stereocenters. The second-order valence-corrected chi connectivity index (χ2v) is 7.25. The SMILES string of the molecule is CCCCN1C(=O)c2cccc3cc(N(C(=O)O)C4CCC4)cc(c23)C1=O. The van der Waals surface area contributed by atoms with E-state index in [1.807, 2.05) is 13.0 Å². The van der Waals surface area contributed by atoms with Gasteiger partial charge in [-0.3, -0.25) is 19.4 Å². The lowest BCUT2D eigenvalue weighted by molar-refractivity contribution is 0.0608. The number of carboxylic acid groups (broad SMARTS) is 1. The molecule has 1 aliphatic heterocycles. The molecule has 2 aromatic carbocycles. The maximum absolute atomic E-state index is 13.1. The first-order valence-electron chi connectivity index (χ1n) is 9.48.